The van der Waals surface area contributed by atoms with Crippen molar-refractivity contribution in [2.45, 2.75) is 12.8 Å². The van der Waals surface area contributed by atoms with E-state index in [9.17, 15) is 9.59 Å². The van der Waals surface area contributed by atoms with Gasteiger partial charge in [-0.05, 0) is 25.0 Å². The Hall–Kier alpha value is -1.86. The molecule has 0 saturated carbocycles. The number of carboxylic acids is 1. The number of pyridine rings is 1. The summed E-state index contributed by atoms with van der Waals surface area (Å²) in [6.45, 7) is 1.74. The molecule has 2 heterocycles. The van der Waals surface area contributed by atoms with E-state index < -0.39 is 5.97 Å². The van der Waals surface area contributed by atoms with E-state index in [1.807, 2.05) is 6.07 Å². The lowest BCUT2D eigenvalue weighted by atomic mass is 9.95. The summed E-state index contributed by atoms with van der Waals surface area (Å²) in [5, 5.41) is 9.57. The zero-order valence-electron chi connectivity index (χ0n) is 13.7. The van der Waals surface area contributed by atoms with Crippen molar-refractivity contribution in [3.05, 3.63) is 23.4 Å². The third kappa shape index (κ3) is 5.07. The number of carbonyl (C=O) groups is 2. The molecule has 1 fully saturated rings. The molecule has 1 amide bonds. The molecule has 1 saturated heterocycles. The number of methoxy groups -OCH3 is 1. The SMILES string of the molecule is COCCN(CC(=O)O)C(=O)C1CCN(c2ccc(Cl)cn2)CC1. The predicted octanol–water partition coefficient (Wildman–Crippen LogP) is 1.51. The van der Waals surface area contributed by atoms with Gasteiger partial charge in [-0.15, -0.1) is 0 Å². The molecule has 0 unspecified atom stereocenters. The summed E-state index contributed by atoms with van der Waals surface area (Å²) >= 11 is 5.84. The third-order valence-corrected chi connectivity index (χ3v) is 4.31. The van der Waals surface area contributed by atoms with E-state index in [2.05, 4.69) is 9.88 Å². The predicted molar refractivity (Wildman–Crippen MR) is 90.3 cm³/mol. The van der Waals surface area contributed by atoms with Crippen LogP contribution in [0.1, 0.15) is 12.8 Å². The smallest absolute Gasteiger partial charge is 0.323 e. The monoisotopic (exact) mass is 355 g/mol. The van der Waals surface area contributed by atoms with Crippen molar-refractivity contribution >= 4 is 29.3 Å². The average Bonchev–Trinajstić information content (AvgIpc) is 2.58. The number of hydrogen-bond acceptors (Lipinski definition) is 5. The molecule has 8 heteroatoms. The van der Waals surface area contributed by atoms with Crippen molar-refractivity contribution in [1.82, 2.24) is 9.88 Å². The number of amides is 1. The van der Waals surface area contributed by atoms with Crippen molar-refractivity contribution in [3.63, 3.8) is 0 Å². The second-order valence-electron chi connectivity index (χ2n) is 5.74. The number of anilines is 1. The largest absolute Gasteiger partial charge is 0.480 e. The van der Waals surface area contributed by atoms with Crippen LogP contribution in [0.15, 0.2) is 18.3 Å². The maximum atomic E-state index is 12.6. The molecule has 1 aliphatic rings. The van der Waals surface area contributed by atoms with Gasteiger partial charge in [0.2, 0.25) is 5.91 Å². The number of carbonyl (C=O) groups excluding carboxylic acids is 1. The first-order chi connectivity index (χ1) is 11.5. The topological polar surface area (TPSA) is 83.0 Å². The first-order valence-corrected chi connectivity index (χ1v) is 8.25. The molecule has 0 spiro atoms. The number of halogens is 1. The number of piperidine rings is 1. The van der Waals surface area contributed by atoms with Crippen LogP contribution in [0.25, 0.3) is 0 Å². The zero-order valence-corrected chi connectivity index (χ0v) is 14.4. The van der Waals surface area contributed by atoms with Crippen LogP contribution in [0.5, 0.6) is 0 Å². The molecule has 0 radical (unpaired) electrons. The Balaban J connectivity index is 1.92. The Kier molecular flexibility index (Phi) is 6.81. The van der Waals surface area contributed by atoms with Gasteiger partial charge in [0.1, 0.15) is 12.4 Å². The second kappa shape index (κ2) is 8.84. The second-order valence-corrected chi connectivity index (χ2v) is 6.18. The van der Waals surface area contributed by atoms with Crippen molar-refractivity contribution in [3.8, 4) is 0 Å². The first-order valence-electron chi connectivity index (χ1n) is 7.87. The van der Waals surface area contributed by atoms with Gasteiger partial charge in [0.15, 0.2) is 0 Å². The molecule has 0 aromatic carbocycles. The van der Waals surface area contributed by atoms with Gasteiger partial charge >= 0.3 is 5.97 Å². The fourth-order valence-corrected chi connectivity index (χ4v) is 2.91. The Bertz CT molecular complexity index is 559. The van der Waals surface area contributed by atoms with E-state index in [1.165, 1.54) is 12.0 Å². The highest BCUT2D eigenvalue weighted by Crippen LogP contribution is 2.24. The van der Waals surface area contributed by atoms with E-state index in [0.29, 0.717) is 44.1 Å². The minimum Gasteiger partial charge on any atom is -0.480 e. The van der Waals surface area contributed by atoms with Gasteiger partial charge in [0.05, 0.1) is 11.6 Å². The van der Waals surface area contributed by atoms with Crippen LogP contribution >= 0.6 is 11.6 Å². The summed E-state index contributed by atoms with van der Waals surface area (Å²) < 4.78 is 4.96. The third-order valence-electron chi connectivity index (χ3n) is 4.08. The minimum atomic E-state index is -1.01. The van der Waals surface area contributed by atoms with Crippen molar-refractivity contribution in [1.29, 1.82) is 0 Å². The number of nitrogens with zero attached hydrogens (tertiary/aromatic N) is 3. The standard InChI is InChI=1S/C16H22ClN3O4/c1-24-9-8-20(11-15(21)22)16(23)12-4-6-19(7-5-12)14-3-2-13(17)10-18-14/h2-3,10,12H,4-9,11H2,1H3,(H,21,22). The highest BCUT2D eigenvalue weighted by molar-refractivity contribution is 6.30. The van der Waals surface area contributed by atoms with Crippen LogP contribution in [-0.4, -0.2) is 66.8 Å². The fourth-order valence-electron chi connectivity index (χ4n) is 2.80. The maximum Gasteiger partial charge on any atom is 0.323 e. The molecule has 0 atom stereocenters. The summed E-state index contributed by atoms with van der Waals surface area (Å²) in [6.07, 6.45) is 2.95. The molecule has 7 nitrogen and oxygen atoms in total. The molecule has 0 bridgehead atoms. The van der Waals surface area contributed by atoms with Crippen molar-refractivity contribution in [2.24, 2.45) is 5.92 Å². The number of ether oxygens (including phenoxy) is 1. The summed E-state index contributed by atoms with van der Waals surface area (Å²) in [7, 11) is 1.53. The van der Waals surface area contributed by atoms with Gasteiger partial charge in [-0.1, -0.05) is 11.6 Å². The fraction of sp³-hybridized carbons (Fsp3) is 0.562. The quantitative estimate of drug-likeness (QED) is 0.798. The zero-order chi connectivity index (χ0) is 17.5. The number of rotatable bonds is 7. The molecule has 1 aliphatic heterocycles. The van der Waals surface area contributed by atoms with Crippen LogP contribution in [0.4, 0.5) is 5.82 Å². The normalized spacial score (nSPS) is 15.3. The number of aliphatic carboxylic acids is 1. The first kappa shape index (κ1) is 18.5. The van der Waals surface area contributed by atoms with Crippen LogP contribution in [-0.2, 0) is 14.3 Å². The lowest BCUT2D eigenvalue weighted by molar-refractivity contribution is -0.147. The van der Waals surface area contributed by atoms with Crippen LogP contribution < -0.4 is 4.90 Å². The van der Waals surface area contributed by atoms with E-state index >= 15 is 0 Å². The van der Waals surface area contributed by atoms with Crippen molar-refractivity contribution in [2.75, 3.05) is 44.8 Å². The number of carboxylic acid groups (broad SMARTS) is 1. The molecule has 1 aromatic rings. The highest BCUT2D eigenvalue weighted by atomic mass is 35.5. The molecule has 1 aromatic heterocycles. The van der Waals surface area contributed by atoms with Crippen LogP contribution in [0.3, 0.4) is 0 Å². The Morgan fingerprint density at radius 3 is 2.67 bits per heavy atom. The summed E-state index contributed by atoms with van der Waals surface area (Å²) in [4.78, 5) is 31.3. The van der Waals surface area contributed by atoms with Gasteiger partial charge in [-0.25, -0.2) is 4.98 Å². The van der Waals surface area contributed by atoms with E-state index in [0.717, 1.165) is 5.82 Å². The van der Waals surface area contributed by atoms with Gasteiger partial charge in [-0.3, -0.25) is 9.59 Å². The lowest BCUT2D eigenvalue weighted by Crippen LogP contribution is -2.45. The van der Waals surface area contributed by atoms with E-state index in [1.54, 1.807) is 12.3 Å². The Morgan fingerprint density at radius 1 is 1.42 bits per heavy atom. The minimum absolute atomic E-state index is 0.113. The maximum absolute atomic E-state index is 12.6. The van der Waals surface area contributed by atoms with Gasteiger partial charge < -0.3 is 19.6 Å². The lowest BCUT2D eigenvalue weighted by Gasteiger charge is -2.34. The van der Waals surface area contributed by atoms with E-state index in [-0.39, 0.29) is 18.4 Å². The molecule has 132 valence electrons. The molecule has 2 rings (SSSR count). The molecular formula is C16H22ClN3O4. The van der Waals surface area contributed by atoms with Gasteiger partial charge in [0, 0.05) is 38.9 Å². The average molecular weight is 356 g/mol. The Morgan fingerprint density at radius 2 is 2.12 bits per heavy atom. The summed E-state index contributed by atoms with van der Waals surface area (Å²) in [6, 6.07) is 3.65. The number of aromatic nitrogens is 1. The van der Waals surface area contributed by atoms with Crippen LogP contribution in [0, 0.1) is 5.92 Å². The van der Waals surface area contributed by atoms with E-state index in [4.69, 9.17) is 21.4 Å². The van der Waals surface area contributed by atoms with Gasteiger partial charge in [0.25, 0.3) is 0 Å². The van der Waals surface area contributed by atoms with Gasteiger partial charge in [-0.2, -0.15) is 0 Å². The Labute approximate surface area is 146 Å². The molecule has 24 heavy (non-hydrogen) atoms. The van der Waals surface area contributed by atoms with Crippen molar-refractivity contribution < 1.29 is 19.4 Å². The summed E-state index contributed by atoms with van der Waals surface area (Å²) in [5.74, 6) is -0.447. The van der Waals surface area contributed by atoms with Crippen LogP contribution in [0.2, 0.25) is 5.02 Å². The molecule has 1 N–H and O–H groups in total. The molecular weight excluding hydrogens is 334 g/mol. The number of hydrogen-bond donors (Lipinski definition) is 1. The highest BCUT2D eigenvalue weighted by Gasteiger charge is 2.29. The summed E-state index contributed by atoms with van der Waals surface area (Å²) in [5.41, 5.74) is 0. The molecule has 0 aliphatic carbocycles.